The minimum Gasteiger partial charge on any atom is -0.388 e. The van der Waals surface area contributed by atoms with E-state index >= 15 is 0 Å². The van der Waals surface area contributed by atoms with Gasteiger partial charge in [-0.3, -0.25) is 0 Å². The molecule has 1 aromatic rings. The summed E-state index contributed by atoms with van der Waals surface area (Å²) in [5.41, 5.74) is 7.01. The number of hydrogen-bond donors (Lipinski definition) is 2. The number of rotatable bonds is 5. The normalized spacial score (nSPS) is 12.2. The summed E-state index contributed by atoms with van der Waals surface area (Å²) < 4.78 is 0. The Balaban J connectivity index is 2.76. The predicted molar refractivity (Wildman–Crippen MR) is 74.1 cm³/mol. The Hall–Kier alpha value is -0.880. The molecule has 0 aliphatic rings. The molecule has 0 fully saturated rings. The van der Waals surface area contributed by atoms with E-state index in [1.165, 1.54) is 0 Å². The molecule has 6 heteroatoms. The molecule has 3 N–H and O–H groups in total. The standard InChI is InChI=1S/C10H16N4S2/c1-6-4-8(9(11)15)14-10(13-6)12-5-7(2)16-3/h4,7H,5H2,1-3H3,(H2,11,15)(H,12,13,14). The summed E-state index contributed by atoms with van der Waals surface area (Å²) >= 11 is 6.69. The molecular weight excluding hydrogens is 240 g/mol. The fourth-order valence-electron chi connectivity index (χ4n) is 1.09. The third-order valence-corrected chi connectivity index (χ3v) is 3.24. The monoisotopic (exact) mass is 256 g/mol. The predicted octanol–water partition coefficient (Wildman–Crippen LogP) is 1.58. The highest BCUT2D eigenvalue weighted by molar-refractivity contribution is 7.99. The Morgan fingerprint density at radius 3 is 2.88 bits per heavy atom. The highest BCUT2D eigenvalue weighted by Gasteiger charge is 2.05. The molecule has 1 atom stereocenters. The SMILES string of the molecule is CSC(C)CNc1nc(C)cc(C(N)=S)n1. The number of nitrogens with one attached hydrogen (secondary N) is 1. The average molecular weight is 256 g/mol. The van der Waals surface area contributed by atoms with Crippen LogP contribution in [0.15, 0.2) is 6.07 Å². The highest BCUT2D eigenvalue weighted by Crippen LogP contribution is 2.08. The lowest BCUT2D eigenvalue weighted by atomic mass is 10.3. The smallest absolute Gasteiger partial charge is 0.223 e. The minimum absolute atomic E-state index is 0.298. The van der Waals surface area contributed by atoms with Crippen molar-refractivity contribution < 1.29 is 0 Å². The summed E-state index contributed by atoms with van der Waals surface area (Å²) in [7, 11) is 0. The second-order valence-electron chi connectivity index (χ2n) is 3.51. The maximum absolute atomic E-state index is 5.54. The molecule has 0 radical (unpaired) electrons. The maximum Gasteiger partial charge on any atom is 0.223 e. The molecule has 0 bridgehead atoms. The van der Waals surface area contributed by atoms with Crippen LogP contribution in [0, 0.1) is 6.92 Å². The van der Waals surface area contributed by atoms with Gasteiger partial charge in [-0.25, -0.2) is 9.97 Å². The Labute approximate surface area is 105 Å². The van der Waals surface area contributed by atoms with Crippen molar-refractivity contribution in [2.24, 2.45) is 5.73 Å². The number of aryl methyl sites for hydroxylation is 1. The zero-order valence-corrected chi connectivity index (χ0v) is 11.3. The second-order valence-corrected chi connectivity index (χ2v) is 5.23. The van der Waals surface area contributed by atoms with Gasteiger partial charge in [-0.05, 0) is 19.2 Å². The third-order valence-electron chi connectivity index (χ3n) is 2.06. The fraction of sp³-hybridized carbons (Fsp3) is 0.500. The van der Waals surface area contributed by atoms with E-state index in [1.54, 1.807) is 17.8 Å². The van der Waals surface area contributed by atoms with Crippen LogP contribution in [0.5, 0.6) is 0 Å². The summed E-state index contributed by atoms with van der Waals surface area (Å²) in [6, 6.07) is 1.78. The van der Waals surface area contributed by atoms with E-state index < -0.39 is 0 Å². The number of anilines is 1. The van der Waals surface area contributed by atoms with E-state index in [-0.39, 0.29) is 0 Å². The molecule has 0 aliphatic heterocycles. The average Bonchev–Trinajstić information content (AvgIpc) is 2.25. The minimum atomic E-state index is 0.298. The number of hydrogen-bond acceptors (Lipinski definition) is 5. The van der Waals surface area contributed by atoms with Gasteiger partial charge in [0.2, 0.25) is 5.95 Å². The van der Waals surface area contributed by atoms with Crippen molar-refractivity contribution in [3.8, 4) is 0 Å². The van der Waals surface area contributed by atoms with Crippen molar-refractivity contribution in [2.45, 2.75) is 19.1 Å². The van der Waals surface area contributed by atoms with Crippen molar-refractivity contribution in [1.29, 1.82) is 0 Å². The van der Waals surface area contributed by atoms with Gasteiger partial charge in [0.15, 0.2) is 0 Å². The Morgan fingerprint density at radius 2 is 2.31 bits per heavy atom. The lowest BCUT2D eigenvalue weighted by molar-refractivity contribution is 0.961. The van der Waals surface area contributed by atoms with Crippen molar-refractivity contribution in [1.82, 2.24) is 9.97 Å². The lowest BCUT2D eigenvalue weighted by Gasteiger charge is -2.10. The number of thioether (sulfide) groups is 1. The van der Waals surface area contributed by atoms with Crippen LogP contribution >= 0.6 is 24.0 Å². The van der Waals surface area contributed by atoms with E-state index in [2.05, 4.69) is 28.5 Å². The fourth-order valence-corrected chi connectivity index (χ4v) is 1.45. The van der Waals surface area contributed by atoms with E-state index in [9.17, 15) is 0 Å². The molecule has 0 amide bonds. The molecule has 0 saturated heterocycles. The van der Waals surface area contributed by atoms with Crippen LogP contribution in [0.1, 0.15) is 18.3 Å². The van der Waals surface area contributed by atoms with Crippen LogP contribution in [0.2, 0.25) is 0 Å². The number of nitrogens with two attached hydrogens (primary N) is 1. The molecule has 0 spiro atoms. The van der Waals surface area contributed by atoms with Gasteiger partial charge in [0.05, 0.1) is 0 Å². The zero-order valence-electron chi connectivity index (χ0n) is 9.65. The maximum atomic E-state index is 5.54. The van der Waals surface area contributed by atoms with E-state index in [0.29, 0.717) is 21.9 Å². The molecule has 16 heavy (non-hydrogen) atoms. The van der Waals surface area contributed by atoms with Gasteiger partial charge in [0.1, 0.15) is 10.7 Å². The van der Waals surface area contributed by atoms with Gasteiger partial charge in [-0.2, -0.15) is 11.8 Å². The lowest BCUT2D eigenvalue weighted by Crippen LogP contribution is -2.18. The summed E-state index contributed by atoms with van der Waals surface area (Å²) in [5.74, 6) is 0.587. The summed E-state index contributed by atoms with van der Waals surface area (Å²) in [6.07, 6.45) is 2.07. The third kappa shape index (κ3) is 3.94. The molecule has 1 unspecified atom stereocenters. The van der Waals surface area contributed by atoms with Crippen molar-refractivity contribution in [3.63, 3.8) is 0 Å². The van der Waals surface area contributed by atoms with Gasteiger partial charge in [0, 0.05) is 17.5 Å². The first-order chi connectivity index (χ1) is 7.52. The largest absolute Gasteiger partial charge is 0.388 e. The molecule has 1 aromatic heterocycles. The van der Waals surface area contributed by atoms with Crippen LogP contribution in [0.25, 0.3) is 0 Å². The van der Waals surface area contributed by atoms with Crippen LogP contribution < -0.4 is 11.1 Å². The molecular formula is C10H16N4S2. The molecule has 88 valence electrons. The first-order valence-corrected chi connectivity index (χ1v) is 6.64. The van der Waals surface area contributed by atoms with Crippen LogP contribution in [0.4, 0.5) is 5.95 Å². The molecule has 0 saturated carbocycles. The van der Waals surface area contributed by atoms with Gasteiger partial charge in [0.25, 0.3) is 0 Å². The summed E-state index contributed by atoms with van der Waals surface area (Å²) in [4.78, 5) is 8.82. The van der Waals surface area contributed by atoms with Gasteiger partial charge in [-0.1, -0.05) is 19.1 Å². The number of thiocarbonyl (C=S) groups is 1. The second kappa shape index (κ2) is 6.00. The van der Waals surface area contributed by atoms with Gasteiger partial charge >= 0.3 is 0 Å². The number of aromatic nitrogens is 2. The van der Waals surface area contributed by atoms with E-state index in [0.717, 1.165) is 12.2 Å². The molecule has 0 aliphatic carbocycles. The topological polar surface area (TPSA) is 63.8 Å². The zero-order chi connectivity index (χ0) is 12.1. The molecule has 1 rings (SSSR count). The number of nitrogens with zero attached hydrogens (tertiary/aromatic N) is 2. The van der Waals surface area contributed by atoms with Crippen LogP contribution in [-0.2, 0) is 0 Å². The van der Waals surface area contributed by atoms with Crippen molar-refractivity contribution in [3.05, 3.63) is 17.5 Å². The molecule has 0 aromatic carbocycles. The quantitative estimate of drug-likeness (QED) is 0.780. The molecule has 4 nitrogen and oxygen atoms in total. The van der Waals surface area contributed by atoms with Crippen LogP contribution in [-0.4, -0.2) is 33.0 Å². The Kier molecular flexibility index (Phi) is 4.95. The first-order valence-electron chi connectivity index (χ1n) is 4.95. The van der Waals surface area contributed by atoms with Gasteiger partial charge in [-0.15, -0.1) is 0 Å². The van der Waals surface area contributed by atoms with E-state index in [4.69, 9.17) is 18.0 Å². The van der Waals surface area contributed by atoms with Crippen LogP contribution in [0.3, 0.4) is 0 Å². The Morgan fingerprint density at radius 1 is 1.62 bits per heavy atom. The molecule has 1 heterocycles. The summed E-state index contributed by atoms with van der Waals surface area (Å²) in [6.45, 7) is 4.86. The van der Waals surface area contributed by atoms with E-state index in [1.807, 2.05) is 6.92 Å². The Bertz CT molecular complexity index is 381. The van der Waals surface area contributed by atoms with Crippen molar-refractivity contribution >= 4 is 34.9 Å². The van der Waals surface area contributed by atoms with Gasteiger partial charge < -0.3 is 11.1 Å². The van der Waals surface area contributed by atoms with Crippen molar-refractivity contribution in [2.75, 3.05) is 18.1 Å². The first kappa shape index (κ1) is 13.2. The highest BCUT2D eigenvalue weighted by atomic mass is 32.2. The summed E-state index contributed by atoms with van der Waals surface area (Å²) in [5, 5.41) is 3.68.